The molecule has 2 aromatic carbocycles. The third-order valence-corrected chi connectivity index (χ3v) is 6.07. The Morgan fingerprint density at radius 3 is 2.37 bits per heavy atom. The van der Waals surface area contributed by atoms with Crippen LogP contribution in [0.3, 0.4) is 0 Å². The summed E-state index contributed by atoms with van der Waals surface area (Å²) in [4.78, 5) is 17.8. The van der Waals surface area contributed by atoms with E-state index >= 15 is 0 Å². The van der Waals surface area contributed by atoms with E-state index in [2.05, 4.69) is 40.4 Å². The second-order valence-corrected chi connectivity index (χ2v) is 8.04. The third-order valence-electron chi connectivity index (χ3n) is 5.82. The lowest BCUT2D eigenvalue weighted by atomic mass is 9.82. The van der Waals surface area contributed by atoms with E-state index < -0.39 is 0 Å². The van der Waals surface area contributed by atoms with Gasteiger partial charge in [0.15, 0.2) is 0 Å². The molecule has 0 saturated carbocycles. The molecule has 1 saturated heterocycles. The SMILES string of the molecule is CN1CCN(CCC2C(=O)NC(c3ccc(Cl)cc3)c3ccccc32)CC1. The molecule has 0 radical (unpaired) electrons. The van der Waals surface area contributed by atoms with E-state index in [9.17, 15) is 4.79 Å². The summed E-state index contributed by atoms with van der Waals surface area (Å²) >= 11 is 6.03. The smallest absolute Gasteiger partial charge is 0.228 e. The first kappa shape index (κ1) is 18.5. The molecule has 5 heteroatoms. The Kier molecular flexibility index (Phi) is 5.48. The van der Waals surface area contributed by atoms with Gasteiger partial charge in [0.1, 0.15) is 0 Å². The van der Waals surface area contributed by atoms with Gasteiger partial charge in [0.05, 0.1) is 12.0 Å². The average molecular weight is 384 g/mol. The Morgan fingerprint density at radius 2 is 1.67 bits per heavy atom. The maximum Gasteiger partial charge on any atom is 0.228 e. The maximum atomic E-state index is 13.0. The van der Waals surface area contributed by atoms with Gasteiger partial charge in [-0.05, 0) is 48.8 Å². The van der Waals surface area contributed by atoms with Crippen molar-refractivity contribution in [1.82, 2.24) is 15.1 Å². The fourth-order valence-corrected chi connectivity index (χ4v) is 4.27. The van der Waals surface area contributed by atoms with Gasteiger partial charge in [-0.3, -0.25) is 4.79 Å². The normalized spacial score (nSPS) is 23.7. The van der Waals surface area contributed by atoms with Gasteiger partial charge in [-0.2, -0.15) is 0 Å². The molecule has 2 aliphatic rings. The van der Waals surface area contributed by atoms with Gasteiger partial charge in [0, 0.05) is 31.2 Å². The van der Waals surface area contributed by atoms with E-state index in [1.165, 1.54) is 5.56 Å². The summed E-state index contributed by atoms with van der Waals surface area (Å²) in [6, 6.07) is 16.0. The lowest BCUT2D eigenvalue weighted by molar-refractivity contribution is -0.124. The first-order valence-corrected chi connectivity index (χ1v) is 10.0. The Morgan fingerprint density at radius 1 is 1.00 bits per heavy atom. The minimum Gasteiger partial charge on any atom is -0.345 e. The van der Waals surface area contributed by atoms with Crippen LogP contribution in [0.2, 0.25) is 5.02 Å². The fourth-order valence-electron chi connectivity index (χ4n) is 4.14. The van der Waals surface area contributed by atoms with Crippen molar-refractivity contribution < 1.29 is 4.79 Å². The molecule has 142 valence electrons. The minimum atomic E-state index is -0.106. The molecule has 2 aromatic rings. The van der Waals surface area contributed by atoms with Crippen LogP contribution in [0.1, 0.15) is 35.1 Å². The minimum absolute atomic E-state index is 0.0793. The average Bonchev–Trinajstić information content (AvgIpc) is 2.69. The maximum absolute atomic E-state index is 13.0. The first-order valence-electron chi connectivity index (χ1n) is 9.67. The van der Waals surface area contributed by atoms with Crippen molar-refractivity contribution >= 4 is 17.5 Å². The topological polar surface area (TPSA) is 35.6 Å². The van der Waals surface area contributed by atoms with Crippen LogP contribution < -0.4 is 5.32 Å². The Hall–Kier alpha value is -1.88. The molecule has 2 unspecified atom stereocenters. The number of nitrogens with one attached hydrogen (secondary N) is 1. The molecule has 0 spiro atoms. The third kappa shape index (κ3) is 4.03. The molecular weight excluding hydrogens is 358 g/mol. The molecule has 0 aliphatic carbocycles. The van der Waals surface area contributed by atoms with Crippen molar-refractivity contribution in [3.05, 3.63) is 70.2 Å². The molecule has 1 N–H and O–H groups in total. The van der Waals surface area contributed by atoms with E-state index in [1.54, 1.807) is 0 Å². The Balaban J connectivity index is 1.54. The van der Waals surface area contributed by atoms with Crippen LogP contribution in [0.25, 0.3) is 0 Å². The first-order chi connectivity index (χ1) is 13.1. The van der Waals surface area contributed by atoms with E-state index in [1.807, 2.05) is 30.3 Å². The van der Waals surface area contributed by atoms with Crippen molar-refractivity contribution in [2.24, 2.45) is 0 Å². The van der Waals surface area contributed by atoms with Crippen LogP contribution in [0.5, 0.6) is 0 Å². The van der Waals surface area contributed by atoms with Crippen molar-refractivity contribution in [2.45, 2.75) is 18.4 Å². The summed E-state index contributed by atoms with van der Waals surface area (Å²) in [7, 11) is 2.17. The van der Waals surface area contributed by atoms with Crippen LogP contribution >= 0.6 is 11.6 Å². The Labute approximate surface area is 166 Å². The number of benzene rings is 2. The second kappa shape index (κ2) is 8.01. The lowest BCUT2D eigenvalue weighted by Gasteiger charge is -2.35. The number of halogens is 1. The molecule has 1 fully saturated rings. The summed E-state index contributed by atoms with van der Waals surface area (Å²) in [6.07, 6.45) is 0.861. The fraction of sp³-hybridized carbons (Fsp3) is 0.409. The van der Waals surface area contributed by atoms with Gasteiger partial charge in [-0.25, -0.2) is 0 Å². The summed E-state index contributed by atoms with van der Waals surface area (Å²) < 4.78 is 0. The molecule has 4 nitrogen and oxygen atoms in total. The van der Waals surface area contributed by atoms with Crippen LogP contribution in [0.15, 0.2) is 48.5 Å². The van der Waals surface area contributed by atoms with Crippen LogP contribution in [-0.4, -0.2) is 55.5 Å². The predicted octanol–water partition coefficient (Wildman–Crippen LogP) is 3.28. The van der Waals surface area contributed by atoms with Crippen LogP contribution in [0, 0.1) is 0 Å². The Bertz CT molecular complexity index is 799. The van der Waals surface area contributed by atoms with Gasteiger partial charge >= 0.3 is 0 Å². The lowest BCUT2D eigenvalue weighted by Crippen LogP contribution is -2.46. The van der Waals surface area contributed by atoms with Crippen LogP contribution in [-0.2, 0) is 4.79 Å². The molecule has 27 heavy (non-hydrogen) atoms. The molecule has 1 amide bonds. The standard InChI is InChI=1S/C22H26ClN3O/c1-25-12-14-26(15-13-25)11-10-20-18-4-2-3-5-19(18)21(24-22(20)27)16-6-8-17(23)9-7-16/h2-9,20-21H,10-15H2,1H3,(H,24,27). The van der Waals surface area contributed by atoms with Crippen molar-refractivity contribution in [2.75, 3.05) is 39.8 Å². The largest absolute Gasteiger partial charge is 0.345 e. The van der Waals surface area contributed by atoms with Crippen molar-refractivity contribution in [3.63, 3.8) is 0 Å². The highest BCUT2D eigenvalue weighted by Gasteiger charge is 2.33. The van der Waals surface area contributed by atoms with Gasteiger partial charge in [0.25, 0.3) is 0 Å². The molecule has 2 aliphatic heterocycles. The molecular formula is C22H26ClN3O. The number of amides is 1. The number of rotatable bonds is 4. The van der Waals surface area contributed by atoms with Gasteiger partial charge in [-0.1, -0.05) is 48.0 Å². The number of carbonyl (C=O) groups excluding carboxylic acids is 1. The highest BCUT2D eigenvalue weighted by atomic mass is 35.5. The zero-order valence-electron chi connectivity index (χ0n) is 15.7. The van der Waals surface area contributed by atoms with E-state index in [-0.39, 0.29) is 17.9 Å². The van der Waals surface area contributed by atoms with Crippen molar-refractivity contribution in [3.8, 4) is 0 Å². The highest BCUT2D eigenvalue weighted by molar-refractivity contribution is 6.30. The van der Waals surface area contributed by atoms with Crippen LogP contribution in [0.4, 0.5) is 0 Å². The zero-order chi connectivity index (χ0) is 18.8. The van der Waals surface area contributed by atoms with E-state index in [0.717, 1.165) is 50.3 Å². The molecule has 0 bridgehead atoms. The highest BCUT2D eigenvalue weighted by Crippen LogP contribution is 2.36. The summed E-state index contributed by atoms with van der Waals surface area (Å²) in [6.45, 7) is 5.34. The van der Waals surface area contributed by atoms with E-state index in [4.69, 9.17) is 11.6 Å². The van der Waals surface area contributed by atoms with Gasteiger partial charge in [0.2, 0.25) is 5.91 Å². The number of carbonyl (C=O) groups is 1. The monoisotopic (exact) mass is 383 g/mol. The number of likely N-dealkylation sites (N-methyl/N-ethyl adjacent to an activating group) is 1. The summed E-state index contributed by atoms with van der Waals surface area (Å²) in [5.74, 6) is 0.0483. The number of fused-ring (bicyclic) bond motifs is 1. The molecule has 2 atom stereocenters. The van der Waals surface area contributed by atoms with Crippen molar-refractivity contribution in [1.29, 1.82) is 0 Å². The quantitative estimate of drug-likeness (QED) is 0.880. The zero-order valence-corrected chi connectivity index (χ0v) is 16.5. The molecule has 0 aromatic heterocycles. The summed E-state index contributed by atoms with van der Waals surface area (Å²) in [5.41, 5.74) is 3.43. The predicted molar refractivity (Wildman–Crippen MR) is 109 cm³/mol. The summed E-state index contributed by atoms with van der Waals surface area (Å²) in [5, 5.41) is 3.95. The van der Waals surface area contributed by atoms with Gasteiger partial charge < -0.3 is 15.1 Å². The number of hydrogen-bond acceptors (Lipinski definition) is 3. The number of hydrogen-bond donors (Lipinski definition) is 1. The molecule has 4 rings (SSSR count). The number of nitrogens with zero attached hydrogens (tertiary/aromatic N) is 2. The van der Waals surface area contributed by atoms with Gasteiger partial charge in [-0.15, -0.1) is 0 Å². The second-order valence-electron chi connectivity index (χ2n) is 7.61. The molecule has 2 heterocycles. The number of piperazine rings is 1. The van der Waals surface area contributed by atoms with E-state index in [0.29, 0.717) is 5.02 Å².